The Hall–Kier alpha value is 0.310. The summed E-state index contributed by atoms with van der Waals surface area (Å²) in [5.74, 6) is 1.93. The molecule has 0 unspecified atom stereocenters. The Bertz CT molecular complexity index is 91.6. The Morgan fingerprint density at radius 1 is 1.18 bits per heavy atom. The summed E-state index contributed by atoms with van der Waals surface area (Å²) in [6.07, 6.45) is 6.52. The van der Waals surface area contributed by atoms with Crippen LogP contribution in [0.15, 0.2) is 0 Å². The molecular formula is C9H18OS. The van der Waals surface area contributed by atoms with E-state index in [0.29, 0.717) is 0 Å². The second-order valence-electron chi connectivity index (χ2n) is 3.30. The zero-order chi connectivity index (χ0) is 7.94. The first-order valence-corrected chi connectivity index (χ1v) is 5.25. The minimum Gasteiger partial charge on any atom is -0.381 e. The Morgan fingerprint density at radius 2 is 2.00 bits per heavy atom. The summed E-state index contributed by atoms with van der Waals surface area (Å²) in [6.45, 7) is 1.98. The highest BCUT2D eigenvalue weighted by molar-refractivity contribution is 7.80. The molecule has 1 saturated carbocycles. The molecule has 0 aromatic heterocycles. The predicted octanol–water partition coefficient (Wildman–Crippen LogP) is 2.51. The van der Waals surface area contributed by atoms with Gasteiger partial charge in [0.25, 0.3) is 0 Å². The van der Waals surface area contributed by atoms with Crippen LogP contribution in [0.5, 0.6) is 0 Å². The summed E-state index contributed by atoms with van der Waals surface area (Å²) in [7, 11) is 0. The Kier molecular flexibility index (Phi) is 5.04. The highest BCUT2D eigenvalue weighted by atomic mass is 32.1. The number of unbranched alkanes of at least 4 members (excludes halogenated alkanes) is 2. The lowest BCUT2D eigenvalue weighted by Gasteiger charge is -2.01. The van der Waals surface area contributed by atoms with Gasteiger partial charge in [0.05, 0.1) is 0 Å². The van der Waals surface area contributed by atoms with E-state index in [1.165, 1.54) is 32.1 Å². The molecule has 0 N–H and O–H groups in total. The van der Waals surface area contributed by atoms with Crippen LogP contribution in [0.3, 0.4) is 0 Å². The van der Waals surface area contributed by atoms with Gasteiger partial charge in [-0.2, -0.15) is 12.6 Å². The largest absolute Gasteiger partial charge is 0.381 e. The molecule has 1 aliphatic carbocycles. The van der Waals surface area contributed by atoms with Crippen molar-refractivity contribution in [3.8, 4) is 0 Å². The summed E-state index contributed by atoms with van der Waals surface area (Å²) in [4.78, 5) is 0. The fraction of sp³-hybridized carbons (Fsp3) is 1.00. The fourth-order valence-electron chi connectivity index (χ4n) is 1.03. The topological polar surface area (TPSA) is 9.23 Å². The van der Waals surface area contributed by atoms with E-state index in [4.69, 9.17) is 4.74 Å². The first-order chi connectivity index (χ1) is 5.43. The van der Waals surface area contributed by atoms with Crippen molar-refractivity contribution >= 4 is 12.6 Å². The molecular weight excluding hydrogens is 156 g/mol. The first-order valence-electron chi connectivity index (χ1n) is 4.62. The van der Waals surface area contributed by atoms with Gasteiger partial charge >= 0.3 is 0 Å². The van der Waals surface area contributed by atoms with Gasteiger partial charge in [-0.15, -0.1) is 0 Å². The maximum atomic E-state index is 5.48. The van der Waals surface area contributed by atoms with E-state index >= 15 is 0 Å². The monoisotopic (exact) mass is 174 g/mol. The Morgan fingerprint density at radius 3 is 2.64 bits per heavy atom. The van der Waals surface area contributed by atoms with Gasteiger partial charge in [0.15, 0.2) is 0 Å². The van der Waals surface area contributed by atoms with Crippen LogP contribution < -0.4 is 0 Å². The second-order valence-corrected chi connectivity index (χ2v) is 3.75. The lowest BCUT2D eigenvalue weighted by atomic mass is 10.3. The molecule has 11 heavy (non-hydrogen) atoms. The van der Waals surface area contributed by atoms with Crippen LogP contribution in [0.2, 0.25) is 0 Å². The minimum absolute atomic E-state index is 0.917. The Balaban J connectivity index is 1.66. The van der Waals surface area contributed by atoms with E-state index in [-0.39, 0.29) is 0 Å². The summed E-state index contributed by atoms with van der Waals surface area (Å²) >= 11 is 4.15. The fourth-order valence-corrected chi connectivity index (χ4v) is 1.25. The third-order valence-electron chi connectivity index (χ3n) is 2.00. The van der Waals surface area contributed by atoms with Crippen molar-refractivity contribution in [3.63, 3.8) is 0 Å². The molecule has 66 valence electrons. The predicted molar refractivity (Wildman–Crippen MR) is 51.2 cm³/mol. The maximum Gasteiger partial charge on any atom is 0.0494 e. The van der Waals surface area contributed by atoms with Crippen LogP contribution in [0.1, 0.15) is 32.1 Å². The highest BCUT2D eigenvalue weighted by Crippen LogP contribution is 2.28. The molecule has 1 nitrogen and oxygen atoms in total. The summed E-state index contributed by atoms with van der Waals surface area (Å²) in [6, 6.07) is 0. The molecule has 0 spiro atoms. The van der Waals surface area contributed by atoms with Crippen molar-refractivity contribution in [1.29, 1.82) is 0 Å². The second kappa shape index (κ2) is 5.90. The average molecular weight is 174 g/mol. The van der Waals surface area contributed by atoms with Gasteiger partial charge in [-0.1, -0.05) is 6.42 Å². The molecule has 0 radical (unpaired) electrons. The van der Waals surface area contributed by atoms with Crippen molar-refractivity contribution in [2.24, 2.45) is 5.92 Å². The van der Waals surface area contributed by atoms with E-state index in [1.54, 1.807) is 0 Å². The molecule has 0 aromatic carbocycles. The van der Waals surface area contributed by atoms with Gasteiger partial charge in [0, 0.05) is 13.2 Å². The lowest BCUT2D eigenvalue weighted by Crippen LogP contribution is -1.98. The van der Waals surface area contributed by atoms with E-state index in [9.17, 15) is 0 Å². The third kappa shape index (κ3) is 5.57. The van der Waals surface area contributed by atoms with Crippen molar-refractivity contribution in [2.45, 2.75) is 32.1 Å². The maximum absolute atomic E-state index is 5.48. The molecule has 0 amide bonds. The van der Waals surface area contributed by atoms with Crippen LogP contribution in [-0.4, -0.2) is 19.0 Å². The lowest BCUT2D eigenvalue weighted by molar-refractivity contribution is 0.121. The zero-order valence-corrected chi connectivity index (χ0v) is 7.98. The quantitative estimate of drug-likeness (QED) is 0.461. The molecule has 0 aromatic rings. The molecule has 0 saturated heterocycles. The van der Waals surface area contributed by atoms with Gasteiger partial charge < -0.3 is 4.74 Å². The van der Waals surface area contributed by atoms with Crippen LogP contribution in [0.25, 0.3) is 0 Å². The van der Waals surface area contributed by atoms with E-state index in [2.05, 4.69) is 12.6 Å². The third-order valence-corrected chi connectivity index (χ3v) is 2.31. The Labute approximate surface area is 74.9 Å². The number of rotatable bonds is 7. The van der Waals surface area contributed by atoms with Crippen molar-refractivity contribution in [3.05, 3.63) is 0 Å². The van der Waals surface area contributed by atoms with Crippen LogP contribution in [0.4, 0.5) is 0 Å². The van der Waals surface area contributed by atoms with Crippen molar-refractivity contribution < 1.29 is 4.74 Å². The normalized spacial score (nSPS) is 17.2. The molecule has 1 fully saturated rings. The minimum atomic E-state index is 0.917. The van der Waals surface area contributed by atoms with E-state index < -0.39 is 0 Å². The molecule has 0 bridgehead atoms. The van der Waals surface area contributed by atoms with Crippen LogP contribution >= 0.6 is 12.6 Å². The van der Waals surface area contributed by atoms with Crippen molar-refractivity contribution in [2.75, 3.05) is 19.0 Å². The van der Waals surface area contributed by atoms with Gasteiger partial charge in [-0.25, -0.2) is 0 Å². The molecule has 1 rings (SSSR count). The summed E-state index contributed by atoms with van der Waals surface area (Å²) in [5, 5.41) is 0. The van der Waals surface area contributed by atoms with Crippen molar-refractivity contribution in [1.82, 2.24) is 0 Å². The number of hydrogen-bond donors (Lipinski definition) is 1. The smallest absolute Gasteiger partial charge is 0.0494 e. The number of thiol groups is 1. The summed E-state index contributed by atoms with van der Waals surface area (Å²) in [5.41, 5.74) is 0. The van der Waals surface area contributed by atoms with Gasteiger partial charge in [-0.05, 0) is 37.4 Å². The van der Waals surface area contributed by atoms with Gasteiger partial charge in [-0.3, -0.25) is 0 Å². The number of hydrogen-bond acceptors (Lipinski definition) is 2. The zero-order valence-electron chi connectivity index (χ0n) is 7.09. The molecule has 0 atom stereocenters. The molecule has 0 aliphatic heterocycles. The van der Waals surface area contributed by atoms with Gasteiger partial charge in [0.2, 0.25) is 0 Å². The molecule has 1 aliphatic rings. The standard InChI is InChI=1S/C9H18OS/c11-7-3-1-2-6-10-8-9-4-5-9/h9,11H,1-8H2. The van der Waals surface area contributed by atoms with Crippen LogP contribution in [0, 0.1) is 5.92 Å². The molecule has 2 heteroatoms. The average Bonchev–Trinajstić information content (AvgIpc) is 2.80. The van der Waals surface area contributed by atoms with Gasteiger partial charge in [0.1, 0.15) is 0 Å². The summed E-state index contributed by atoms with van der Waals surface area (Å²) < 4.78 is 5.48. The van der Waals surface area contributed by atoms with E-state index in [0.717, 1.165) is 24.9 Å². The molecule has 0 heterocycles. The highest BCUT2D eigenvalue weighted by Gasteiger charge is 2.20. The SMILES string of the molecule is SCCCCCOCC1CC1. The van der Waals surface area contributed by atoms with E-state index in [1.807, 2.05) is 0 Å². The number of ether oxygens (including phenoxy) is 1. The van der Waals surface area contributed by atoms with Crippen LogP contribution in [-0.2, 0) is 4.74 Å². The first kappa shape index (κ1) is 9.40.